The van der Waals surface area contributed by atoms with Crippen LogP contribution in [0.25, 0.3) is 0 Å². The van der Waals surface area contributed by atoms with Crippen LogP contribution < -0.4 is 0 Å². The van der Waals surface area contributed by atoms with Gasteiger partial charge in [-0.05, 0) is 24.2 Å². The van der Waals surface area contributed by atoms with Gasteiger partial charge in [-0.15, -0.1) is 0 Å². The predicted octanol–water partition coefficient (Wildman–Crippen LogP) is 5.03. The molecule has 0 aliphatic carbocycles. The topological polar surface area (TPSA) is 0 Å². The Morgan fingerprint density at radius 2 is 1.69 bits per heavy atom. The third kappa shape index (κ3) is 7.10. The zero-order valence-electron chi connectivity index (χ0n) is 10.3. The minimum absolute atomic E-state index is 0.571. The van der Waals surface area contributed by atoms with Gasteiger partial charge in [-0.25, -0.2) is 0 Å². The van der Waals surface area contributed by atoms with Crippen molar-refractivity contribution in [1.82, 2.24) is 0 Å². The quantitative estimate of drug-likeness (QED) is 0.520. The van der Waals surface area contributed by atoms with Crippen molar-refractivity contribution in [3.05, 3.63) is 0 Å². The van der Waals surface area contributed by atoms with Crippen LogP contribution >= 0.6 is 0 Å². The number of hydrogen-bond acceptors (Lipinski definition) is 0. The molecule has 0 heteroatoms. The maximum Gasteiger partial charge on any atom is -0.0352 e. The van der Waals surface area contributed by atoms with E-state index in [1.54, 1.807) is 0 Å². The second kappa shape index (κ2) is 6.45. The molecule has 0 saturated heterocycles. The Balaban J connectivity index is 3.68. The maximum absolute atomic E-state index is 2.42. The Labute approximate surface area is 85.1 Å². The van der Waals surface area contributed by atoms with E-state index in [0.717, 1.165) is 5.92 Å². The van der Waals surface area contributed by atoms with E-state index in [9.17, 15) is 0 Å². The Bertz CT molecular complexity index is 113. The molecule has 0 radical (unpaired) electrons. The van der Waals surface area contributed by atoms with Crippen LogP contribution in [0.2, 0.25) is 0 Å². The van der Waals surface area contributed by atoms with E-state index >= 15 is 0 Å². The van der Waals surface area contributed by atoms with Gasteiger partial charge in [0.1, 0.15) is 0 Å². The third-order valence-corrected chi connectivity index (χ3v) is 2.88. The van der Waals surface area contributed by atoms with Gasteiger partial charge >= 0.3 is 0 Å². The fourth-order valence-corrected chi connectivity index (χ4v) is 2.38. The van der Waals surface area contributed by atoms with E-state index in [0.29, 0.717) is 5.41 Å². The summed E-state index contributed by atoms with van der Waals surface area (Å²) in [6.07, 6.45) is 8.28. The van der Waals surface area contributed by atoms with Gasteiger partial charge in [0.25, 0.3) is 0 Å². The van der Waals surface area contributed by atoms with Crippen molar-refractivity contribution in [1.29, 1.82) is 0 Å². The largest absolute Gasteiger partial charge is 0.0654 e. The molecule has 0 amide bonds. The van der Waals surface area contributed by atoms with E-state index in [1.165, 1.54) is 38.5 Å². The molecule has 0 bridgehead atoms. The molecule has 0 fully saturated rings. The SMILES string of the molecule is CCCCC(C)CC(C)(C)CCC. The molecule has 0 aromatic carbocycles. The molecule has 0 aliphatic rings. The molecule has 0 spiro atoms. The summed E-state index contributed by atoms with van der Waals surface area (Å²) in [5.41, 5.74) is 0.571. The molecule has 1 atom stereocenters. The minimum Gasteiger partial charge on any atom is -0.0654 e. The van der Waals surface area contributed by atoms with Gasteiger partial charge in [-0.3, -0.25) is 0 Å². The second-order valence-electron chi connectivity index (χ2n) is 5.37. The first-order chi connectivity index (χ1) is 6.02. The fraction of sp³-hybridized carbons (Fsp3) is 1.00. The smallest absolute Gasteiger partial charge is 0.0352 e. The van der Waals surface area contributed by atoms with Crippen molar-refractivity contribution in [3.63, 3.8) is 0 Å². The monoisotopic (exact) mass is 184 g/mol. The maximum atomic E-state index is 2.42. The second-order valence-corrected chi connectivity index (χ2v) is 5.37. The highest BCUT2D eigenvalue weighted by atomic mass is 14.2. The summed E-state index contributed by atoms with van der Waals surface area (Å²) >= 11 is 0. The van der Waals surface area contributed by atoms with E-state index in [1.807, 2.05) is 0 Å². The average molecular weight is 184 g/mol. The van der Waals surface area contributed by atoms with Gasteiger partial charge in [0, 0.05) is 0 Å². The van der Waals surface area contributed by atoms with Crippen LogP contribution in [0.4, 0.5) is 0 Å². The van der Waals surface area contributed by atoms with Crippen LogP contribution in [0.3, 0.4) is 0 Å². The van der Waals surface area contributed by atoms with Crippen LogP contribution in [0, 0.1) is 11.3 Å². The summed E-state index contributed by atoms with van der Waals surface area (Å²) in [5, 5.41) is 0. The zero-order chi connectivity index (χ0) is 10.3. The fourth-order valence-electron chi connectivity index (χ4n) is 2.38. The highest BCUT2D eigenvalue weighted by Crippen LogP contribution is 2.32. The first-order valence-corrected chi connectivity index (χ1v) is 6.02. The molecule has 0 heterocycles. The normalized spacial score (nSPS) is 14.5. The molecule has 0 nitrogen and oxygen atoms in total. The average Bonchev–Trinajstić information content (AvgIpc) is 1.99. The number of hydrogen-bond donors (Lipinski definition) is 0. The van der Waals surface area contributed by atoms with Crippen molar-refractivity contribution in [3.8, 4) is 0 Å². The standard InChI is InChI=1S/C13H28/c1-6-8-9-12(3)11-13(4,5)10-7-2/h12H,6-11H2,1-5H3. The van der Waals surface area contributed by atoms with Crippen molar-refractivity contribution < 1.29 is 0 Å². The van der Waals surface area contributed by atoms with E-state index in [4.69, 9.17) is 0 Å². The lowest BCUT2D eigenvalue weighted by Crippen LogP contribution is -2.15. The van der Waals surface area contributed by atoms with Gasteiger partial charge in [0.2, 0.25) is 0 Å². The van der Waals surface area contributed by atoms with Crippen molar-refractivity contribution >= 4 is 0 Å². The summed E-state index contributed by atoms with van der Waals surface area (Å²) < 4.78 is 0. The van der Waals surface area contributed by atoms with Gasteiger partial charge in [0.05, 0.1) is 0 Å². The van der Waals surface area contributed by atoms with Crippen LogP contribution in [0.5, 0.6) is 0 Å². The lowest BCUT2D eigenvalue weighted by molar-refractivity contribution is 0.245. The Morgan fingerprint density at radius 3 is 2.15 bits per heavy atom. The molecule has 0 saturated carbocycles. The molecule has 1 unspecified atom stereocenters. The zero-order valence-corrected chi connectivity index (χ0v) is 10.3. The molecule has 13 heavy (non-hydrogen) atoms. The highest BCUT2D eigenvalue weighted by molar-refractivity contribution is 4.71. The van der Waals surface area contributed by atoms with E-state index < -0.39 is 0 Å². The molecule has 0 aromatic rings. The molecule has 0 rings (SSSR count). The molecular formula is C13H28. The molecular weight excluding hydrogens is 156 g/mol. The lowest BCUT2D eigenvalue weighted by Gasteiger charge is -2.27. The third-order valence-electron chi connectivity index (χ3n) is 2.88. The summed E-state index contributed by atoms with van der Waals surface area (Å²) in [5.74, 6) is 0.918. The van der Waals surface area contributed by atoms with Gasteiger partial charge in [0.15, 0.2) is 0 Å². The Kier molecular flexibility index (Phi) is 6.45. The Hall–Kier alpha value is 0. The minimum atomic E-state index is 0.571. The molecule has 0 aromatic heterocycles. The van der Waals surface area contributed by atoms with Crippen molar-refractivity contribution in [2.45, 2.75) is 73.1 Å². The summed E-state index contributed by atoms with van der Waals surface area (Å²) in [7, 11) is 0. The first kappa shape index (κ1) is 13.0. The predicted molar refractivity (Wildman–Crippen MR) is 62.0 cm³/mol. The van der Waals surface area contributed by atoms with E-state index in [-0.39, 0.29) is 0 Å². The van der Waals surface area contributed by atoms with Crippen molar-refractivity contribution in [2.24, 2.45) is 11.3 Å². The van der Waals surface area contributed by atoms with Crippen LogP contribution in [-0.4, -0.2) is 0 Å². The van der Waals surface area contributed by atoms with Crippen LogP contribution in [-0.2, 0) is 0 Å². The van der Waals surface area contributed by atoms with Gasteiger partial charge < -0.3 is 0 Å². The van der Waals surface area contributed by atoms with Gasteiger partial charge in [-0.2, -0.15) is 0 Å². The van der Waals surface area contributed by atoms with Crippen LogP contribution in [0.1, 0.15) is 73.1 Å². The van der Waals surface area contributed by atoms with E-state index in [2.05, 4.69) is 34.6 Å². The molecule has 0 N–H and O–H groups in total. The summed E-state index contributed by atoms with van der Waals surface area (Å²) in [6, 6.07) is 0. The van der Waals surface area contributed by atoms with Crippen molar-refractivity contribution in [2.75, 3.05) is 0 Å². The first-order valence-electron chi connectivity index (χ1n) is 6.02. The molecule has 80 valence electrons. The number of rotatable bonds is 7. The van der Waals surface area contributed by atoms with Crippen LogP contribution in [0.15, 0.2) is 0 Å². The Morgan fingerprint density at radius 1 is 1.08 bits per heavy atom. The summed E-state index contributed by atoms with van der Waals surface area (Å²) in [4.78, 5) is 0. The van der Waals surface area contributed by atoms with Gasteiger partial charge in [-0.1, -0.05) is 60.3 Å². The highest BCUT2D eigenvalue weighted by Gasteiger charge is 2.19. The number of unbranched alkanes of at least 4 members (excludes halogenated alkanes) is 1. The lowest BCUT2D eigenvalue weighted by atomic mass is 9.78. The molecule has 0 aliphatic heterocycles. The summed E-state index contributed by atoms with van der Waals surface area (Å²) in [6.45, 7) is 11.8.